The third kappa shape index (κ3) is 6.06. The second kappa shape index (κ2) is 11.3. The molecule has 2 aromatic rings. The van der Waals surface area contributed by atoms with Crippen molar-refractivity contribution < 1.29 is 19.1 Å². The van der Waals surface area contributed by atoms with Crippen LogP contribution in [-0.4, -0.2) is 61.3 Å². The Bertz CT molecular complexity index is 1080. The Labute approximate surface area is 219 Å². The van der Waals surface area contributed by atoms with Crippen molar-refractivity contribution in [2.24, 2.45) is 0 Å². The molecule has 36 heavy (non-hydrogen) atoms. The third-order valence-electron chi connectivity index (χ3n) is 6.01. The van der Waals surface area contributed by atoms with Gasteiger partial charge >= 0.3 is 0 Å². The lowest BCUT2D eigenvalue weighted by Gasteiger charge is -2.29. The number of rotatable bonds is 8. The number of amides is 2. The molecule has 0 fully saturated rings. The van der Waals surface area contributed by atoms with Crippen molar-refractivity contribution in [1.29, 1.82) is 0 Å². The molecule has 1 aliphatic heterocycles. The fraction of sp³-hybridized carbons (Fsp3) is 0.593. The lowest BCUT2D eigenvalue weighted by Crippen LogP contribution is -2.44. The molecule has 0 spiro atoms. The molecule has 1 aliphatic rings. The van der Waals surface area contributed by atoms with Crippen molar-refractivity contribution in [1.82, 2.24) is 15.1 Å². The Balaban J connectivity index is 2.21. The predicted molar refractivity (Wildman–Crippen MR) is 145 cm³/mol. The molecule has 9 heteroatoms. The second-order valence-electron chi connectivity index (χ2n) is 11.0. The van der Waals surface area contributed by atoms with Gasteiger partial charge in [-0.1, -0.05) is 39.0 Å². The molecule has 0 radical (unpaired) electrons. The second-order valence-corrected chi connectivity index (χ2v) is 12.1. The number of ether oxygens (including phenoxy) is 2. The smallest absolute Gasteiger partial charge is 0.240 e. The summed E-state index contributed by atoms with van der Waals surface area (Å²) in [4.78, 5) is 28.2. The van der Waals surface area contributed by atoms with E-state index in [1.54, 1.807) is 30.9 Å². The molecule has 2 heterocycles. The first-order chi connectivity index (χ1) is 16.9. The van der Waals surface area contributed by atoms with Gasteiger partial charge in [-0.2, -0.15) is 5.10 Å². The molecule has 0 saturated heterocycles. The Morgan fingerprint density at radius 2 is 1.86 bits per heavy atom. The molecule has 198 valence electrons. The van der Waals surface area contributed by atoms with Crippen LogP contribution in [0, 0.1) is 0 Å². The number of methoxy groups -OCH3 is 2. The largest absolute Gasteiger partial charge is 0.496 e. The average Bonchev–Trinajstić information content (AvgIpc) is 3.16. The van der Waals surface area contributed by atoms with E-state index in [2.05, 4.69) is 46.9 Å². The molecule has 1 aromatic heterocycles. The summed E-state index contributed by atoms with van der Waals surface area (Å²) in [7, 11) is 3.30. The van der Waals surface area contributed by atoms with E-state index in [-0.39, 0.29) is 34.8 Å². The topological polar surface area (TPSA) is 85.7 Å². The Hall–Kier alpha value is -2.52. The van der Waals surface area contributed by atoms with Crippen LogP contribution in [0.4, 0.5) is 5.82 Å². The minimum absolute atomic E-state index is 0.0661. The SMILES string of the molecule is COCCCNC(=O)CN1C(=O)CS[C@@H](c2ccccc2OC)c2c(C(C)(C)C)nn(C(C)(C)C)c21. The summed E-state index contributed by atoms with van der Waals surface area (Å²) in [6.07, 6.45) is 0.710. The molecule has 0 aliphatic carbocycles. The van der Waals surface area contributed by atoms with Gasteiger partial charge in [-0.05, 0) is 33.3 Å². The van der Waals surface area contributed by atoms with Crippen molar-refractivity contribution in [2.45, 2.75) is 64.2 Å². The van der Waals surface area contributed by atoms with Gasteiger partial charge in [-0.15, -0.1) is 11.8 Å². The van der Waals surface area contributed by atoms with Crippen molar-refractivity contribution >= 4 is 29.4 Å². The number of para-hydroxylation sites is 1. The van der Waals surface area contributed by atoms with Crippen molar-refractivity contribution in [3.63, 3.8) is 0 Å². The number of anilines is 1. The summed E-state index contributed by atoms with van der Waals surface area (Å²) < 4.78 is 12.7. The number of hydrogen-bond acceptors (Lipinski definition) is 6. The minimum Gasteiger partial charge on any atom is -0.496 e. The summed E-state index contributed by atoms with van der Waals surface area (Å²) in [5, 5.41) is 7.85. The quantitative estimate of drug-likeness (QED) is 0.528. The summed E-state index contributed by atoms with van der Waals surface area (Å²) in [6, 6.07) is 7.92. The van der Waals surface area contributed by atoms with Gasteiger partial charge in [0.25, 0.3) is 0 Å². The van der Waals surface area contributed by atoms with Gasteiger partial charge in [-0.25, -0.2) is 4.68 Å². The van der Waals surface area contributed by atoms with Crippen molar-refractivity contribution in [2.75, 3.05) is 44.6 Å². The molecular formula is C27H40N4O4S. The van der Waals surface area contributed by atoms with Crippen LogP contribution in [0.2, 0.25) is 0 Å². The van der Waals surface area contributed by atoms with Crippen LogP contribution in [0.25, 0.3) is 0 Å². The first-order valence-electron chi connectivity index (χ1n) is 12.3. The van der Waals surface area contributed by atoms with Gasteiger partial charge in [0.05, 0.1) is 29.3 Å². The van der Waals surface area contributed by atoms with E-state index in [4.69, 9.17) is 14.6 Å². The number of nitrogens with zero attached hydrogens (tertiary/aromatic N) is 3. The first-order valence-corrected chi connectivity index (χ1v) is 13.4. The number of hydrogen-bond donors (Lipinski definition) is 1. The summed E-state index contributed by atoms with van der Waals surface area (Å²) in [6.45, 7) is 13.6. The van der Waals surface area contributed by atoms with Gasteiger partial charge in [0, 0.05) is 36.8 Å². The average molecular weight is 517 g/mol. The van der Waals surface area contributed by atoms with Crippen LogP contribution < -0.4 is 15.0 Å². The Morgan fingerprint density at radius 1 is 1.17 bits per heavy atom. The monoisotopic (exact) mass is 516 g/mol. The standard InChI is InChI=1S/C27H40N4O4S/c1-26(2,3)24-22-23(18-12-9-10-13-19(18)35-8)36-17-21(33)30(16-20(32)28-14-11-15-34-7)25(22)31(29-24)27(4,5)6/h9-10,12-13,23H,11,14-17H2,1-8H3,(H,28,32)/t23-/m0/s1. The Morgan fingerprint density at radius 3 is 2.47 bits per heavy atom. The zero-order chi connectivity index (χ0) is 26.7. The van der Waals surface area contributed by atoms with E-state index in [1.807, 2.05) is 28.9 Å². The van der Waals surface area contributed by atoms with Crippen molar-refractivity contribution in [3.05, 3.63) is 41.1 Å². The predicted octanol–water partition coefficient (Wildman–Crippen LogP) is 4.27. The molecule has 1 aromatic carbocycles. The fourth-order valence-corrected chi connectivity index (χ4v) is 5.54. The van der Waals surface area contributed by atoms with Crippen LogP contribution in [0.3, 0.4) is 0 Å². The van der Waals surface area contributed by atoms with Crippen LogP contribution in [0.15, 0.2) is 24.3 Å². The molecule has 1 atom stereocenters. The zero-order valence-corrected chi connectivity index (χ0v) is 23.6. The van der Waals surface area contributed by atoms with E-state index in [9.17, 15) is 9.59 Å². The number of carbonyl (C=O) groups is 2. The highest BCUT2D eigenvalue weighted by atomic mass is 32.2. The molecule has 2 amide bonds. The number of nitrogens with one attached hydrogen (secondary N) is 1. The maximum absolute atomic E-state index is 13.6. The number of benzene rings is 1. The zero-order valence-electron chi connectivity index (χ0n) is 22.8. The summed E-state index contributed by atoms with van der Waals surface area (Å²) in [5.41, 5.74) is 2.16. The molecule has 1 N–H and O–H groups in total. The van der Waals surface area contributed by atoms with Gasteiger partial charge in [0.1, 0.15) is 18.1 Å². The van der Waals surface area contributed by atoms with E-state index < -0.39 is 5.54 Å². The van der Waals surface area contributed by atoms with E-state index in [1.165, 1.54) is 0 Å². The normalized spacial score (nSPS) is 16.5. The fourth-order valence-electron chi connectivity index (χ4n) is 4.31. The number of fused-ring (bicyclic) bond motifs is 1. The van der Waals surface area contributed by atoms with E-state index >= 15 is 0 Å². The Kier molecular flexibility index (Phi) is 8.77. The maximum Gasteiger partial charge on any atom is 0.240 e. The summed E-state index contributed by atoms with van der Waals surface area (Å²) >= 11 is 1.55. The highest BCUT2D eigenvalue weighted by Gasteiger charge is 2.42. The van der Waals surface area contributed by atoms with Gasteiger partial charge in [0.15, 0.2) is 0 Å². The molecule has 0 bridgehead atoms. The lowest BCUT2D eigenvalue weighted by atomic mass is 9.87. The van der Waals surface area contributed by atoms with Gasteiger partial charge in [0.2, 0.25) is 11.8 Å². The number of aromatic nitrogens is 2. The molecular weight excluding hydrogens is 476 g/mol. The molecule has 8 nitrogen and oxygen atoms in total. The lowest BCUT2D eigenvalue weighted by molar-refractivity contribution is -0.123. The van der Waals surface area contributed by atoms with E-state index in [0.29, 0.717) is 25.4 Å². The highest BCUT2D eigenvalue weighted by Crippen LogP contribution is 2.50. The first kappa shape index (κ1) is 28.1. The summed E-state index contributed by atoms with van der Waals surface area (Å²) in [5.74, 6) is 1.37. The van der Waals surface area contributed by atoms with Gasteiger partial charge < -0.3 is 14.8 Å². The van der Waals surface area contributed by atoms with Crippen LogP contribution in [-0.2, 0) is 25.3 Å². The van der Waals surface area contributed by atoms with Crippen LogP contribution in [0.1, 0.15) is 70.0 Å². The van der Waals surface area contributed by atoms with Gasteiger partial charge in [-0.3, -0.25) is 14.5 Å². The van der Waals surface area contributed by atoms with Crippen LogP contribution >= 0.6 is 11.8 Å². The van der Waals surface area contributed by atoms with Crippen LogP contribution in [0.5, 0.6) is 5.75 Å². The maximum atomic E-state index is 13.6. The van der Waals surface area contributed by atoms with Crippen molar-refractivity contribution in [3.8, 4) is 5.75 Å². The highest BCUT2D eigenvalue weighted by molar-refractivity contribution is 8.00. The molecule has 0 saturated carbocycles. The third-order valence-corrected chi connectivity index (χ3v) is 7.24. The molecule has 3 rings (SSSR count). The number of carbonyl (C=O) groups excluding carboxylic acids is 2. The number of thioether (sulfide) groups is 1. The minimum atomic E-state index is -0.415. The van der Waals surface area contributed by atoms with E-state index in [0.717, 1.165) is 22.6 Å². The molecule has 0 unspecified atom stereocenters.